The number of aliphatic hydroxyl groups is 1. The normalized spacial score (nSPS) is 12.6. The molecule has 1 aromatic heterocycles. The second kappa shape index (κ2) is 6.53. The first kappa shape index (κ1) is 13.8. The number of imidazole rings is 1. The Kier molecular flexibility index (Phi) is 4.74. The zero-order valence-electron chi connectivity index (χ0n) is 11.7. The van der Waals surface area contributed by atoms with Gasteiger partial charge in [-0.25, -0.2) is 4.98 Å². The van der Waals surface area contributed by atoms with Crippen LogP contribution in [-0.4, -0.2) is 20.8 Å². The lowest BCUT2D eigenvalue weighted by Crippen LogP contribution is -2.17. The van der Waals surface area contributed by atoms with E-state index >= 15 is 0 Å². The summed E-state index contributed by atoms with van der Waals surface area (Å²) >= 11 is 0. The molecule has 3 heteroatoms. The molecular formula is C16H22N2O. The monoisotopic (exact) mass is 258 g/mol. The molecular weight excluding hydrogens is 236 g/mol. The van der Waals surface area contributed by atoms with Gasteiger partial charge < -0.3 is 9.67 Å². The van der Waals surface area contributed by atoms with Gasteiger partial charge in [0.05, 0.1) is 6.10 Å². The molecule has 0 aliphatic heterocycles. The highest BCUT2D eigenvalue weighted by Gasteiger charge is 2.11. The SMILES string of the molecule is CCCn1ccnc1CC(O)Cc1ccccc1C. The van der Waals surface area contributed by atoms with Crippen LogP contribution >= 0.6 is 0 Å². The van der Waals surface area contributed by atoms with Crippen molar-refractivity contribution in [2.75, 3.05) is 0 Å². The average molecular weight is 258 g/mol. The van der Waals surface area contributed by atoms with Crippen molar-refractivity contribution in [3.63, 3.8) is 0 Å². The standard InChI is InChI=1S/C16H22N2O/c1-3-9-18-10-8-17-16(18)12-15(19)11-14-7-5-4-6-13(14)2/h4-8,10,15,19H,3,9,11-12H2,1-2H3. The number of aliphatic hydroxyl groups excluding tert-OH is 1. The predicted octanol–water partition coefficient (Wildman–Crippen LogP) is 2.75. The Labute approximate surface area is 114 Å². The van der Waals surface area contributed by atoms with Crippen molar-refractivity contribution in [1.82, 2.24) is 9.55 Å². The maximum absolute atomic E-state index is 10.2. The lowest BCUT2D eigenvalue weighted by Gasteiger charge is -2.13. The molecule has 0 bridgehead atoms. The Morgan fingerprint density at radius 1 is 1.26 bits per heavy atom. The lowest BCUT2D eigenvalue weighted by atomic mass is 10.0. The van der Waals surface area contributed by atoms with E-state index in [-0.39, 0.29) is 6.10 Å². The van der Waals surface area contributed by atoms with Gasteiger partial charge in [-0.1, -0.05) is 31.2 Å². The van der Waals surface area contributed by atoms with Gasteiger partial charge in [0.25, 0.3) is 0 Å². The minimum absolute atomic E-state index is 0.376. The molecule has 1 heterocycles. The fraction of sp³-hybridized carbons (Fsp3) is 0.438. The van der Waals surface area contributed by atoms with Crippen molar-refractivity contribution in [3.05, 3.63) is 53.6 Å². The van der Waals surface area contributed by atoms with Gasteiger partial charge in [0.2, 0.25) is 0 Å². The van der Waals surface area contributed by atoms with Gasteiger partial charge in [0, 0.05) is 25.4 Å². The van der Waals surface area contributed by atoms with Gasteiger partial charge in [-0.15, -0.1) is 0 Å². The van der Waals surface area contributed by atoms with Crippen LogP contribution in [0.3, 0.4) is 0 Å². The Bertz CT molecular complexity index is 519. The molecule has 0 radical (unpaired) electrons. The van der Waals surface area contributed by atoms with Crippen LogP contribution in [0.25, 0.3) is 0 Å². The molecule has 0 saturated carbocycles. The van der Waals surface area contributed by atoms with E-state index in [0.29, 0.717) is 12.8 Å². The van der Waals surface area contributed by atoms with Crippen molar-refractivity contribution in [2.24, 2.45) is 0 Å². The van der Waals surface area contributed by atoms with Gasteiger partial charge in [0.1, 0.15) is 5.82 Å². The highest BCUT2D eigenvalue weighted by Crippen LogP contribution is 2.12. The summed E-state index contributed by atoms with van der Waals surface area (Å²) < 4.78 is 2.13. The fourth-order valence-electron chi connectivity index (χ4n) is 2.35. The average Bonchev–Trinajstić information content (AvgIpc) is 2.80. The largest absolute Gasteiger partial charge is 0.392 e. The third-order valence-corrected chi connectivity index (χ3v) is 3.40. The summed E-state index contributed by atoms with van der Waals surface area (Å²) in [4.78, 5) is 4.34. The molecule has 0 aliphatic rings. The van der Waals surface area contributed by atoms with Gasteiger partial charge >= 0.3 is 0 Å². The number of hydrogen-bond acceptors (Lipinski definition) is 2. The van der Waals surface area contributed by atoms with Crippen molar-refractivity contribution < 1.29 is 5.11 Å². The zero-order valence-corrected chi connectivity index (χ0v) is 11.7. The summed E-state index contributed by atoms with van der Waals surface area (Å²) in [6, 6.07) is 8.21. The van der Waals surface area contributed by atoms with Crippen molar-refractivity contribution in [3.8, 4) is 0 Å². The van der Waals surface area contributed by atoms with E-state index in [1.807, 2.05) is 24.5 Å². The second-order valence-corrected chi connectivity index (χ2v) is 5.03. The Morgan fingerprint density at radius 3 is 2.79 bits per heavy atom. The number of aromatic nitrogens is 2. The second-order valence-electron chi connectivity index (χ2n) is 5.03. The molecule has 19 heavy (non-hydrogen) atoms. The quantitative estimate of drug-likeness (QED) is 0.865. The van der Waals surface area contributed by atoms with Crippen LogP contribution in [-0.2, 0) is 19.4 Å². The number of rotatable bonds is 6. The van der Waals surface area contributed by atoms with E-state index < -0.39 is 0 Å². The Hall–Kier alpha value is -1.61. The summed E-state index contributed by atoms with van der Waals surface area (Å²) in [6.07, 6.45) is 5.80. The molecule has 1 aromatic carbocycles. The molecule has 0 amide bonds. The third-order valence-electron chi connectivity index (χ3n) is 3.40. The molecule has 1 unspecified atom stereocenters. The highest BCUT2D eigenvalue weighted by molar-refractivity contribution is 5.26. The maximum Gasteiger partial charge on any atom is 0.111 e. The van der Waals surface area contributed by atoms with Gasteiger partial charge in [-0.3, -0.25) is 0 Å². The van der Waals surface area contributed by atoms with Crippen LogP contribution in [0, 0.1) is 6.92 Å². The van der Waals surface area contributed by atoms with Crippen LogP contribution < -0.4 is 0 Å². The maximum atomic E-state index is 10.2. The molecule has 102 valence electrons. The van der Waals surface area contributed by atoms with Crippen LogP contribution in [0.1, 0.15) is 30.3 Å². The summed E-state index contributed by atoms with van der Waals surface area (Å²) in [5.74, 6) is 0.975. The van der Waals surface area contributed by atoms with E-state index in [2.05, 4.69) is 35.5 Å². The highest BCUT2D eigenvalue weighted by atomic mass is 16.3. The summed E-state index contributed by atoms with van der Waals surface area (Å²) in [7, 11) is 0. The fourth-order valence-corrected chi connectivity index (χ4v) is 2.35. The Morgan fingerprint density at radius 2 is 2.05 bits per heavy atom. The van der Waals surface area contributed by atoms with Gasteiger partial charge in [0.15, 0.2) is 0 Å². The predicted molar refractivity (Wildman–Crippen MR) is 77.1 cm³/mol. The van der Waals surface area contributed by atoms with Crippen LogP contribution in [0.5, 0.6) is 0 Å². The summed E-state index contributed by atoms with van der Waals surface area (Å²) in [5, 5.41) is 10.2. The van der Waals surface area contributed by atoms with E-state index in [4.69, 9.17) is 0 Å². The van der Waals surface area contributed by atoms with Gasteiger partial charge in [-0.05, 0) is 30.9 Å². The van der Waals surface area contributed by atoms with E-state index in [9.17, 15) is 5.11 Å². The Balaban J connectivity index is 1.99. The van der Waals surface area contributed by atoms with Gasteiger partial charge in [-0.2, -0.15) is 0 Å². The van der Waals surface area contributed by atoms with E-state index in [1.165, 1.54) is 11.1 Å². The third kappa shape index (κ3) is 3.67. The lowest BCUT2D eigenvalue weighted by molar-refractivity contribution is 0.171. The molecule has 0 spiro atoms. The number of nitrogens with zero attached hydrogens (tertiary/aromatic N) is 2. The van der Waals surface area contributed by atoms with Crippen LogP contribution in [0.2, 0.25) is 0 Å². The molecule has 1 atom stereocenters. The summed E-state index contributed by atoms with van der Waals surface area (Å²) in [6.45, 7) is 5.19. The minimum atomic E-state index is -0.376. The molecule has 3 nitrogen and oxygen atoms in total. The van der Waals surface area contributed by atoms with E-state index in [1.54, 1.807) is 0 Å². The number of aryl methyl sites for hydroxylation is 2. The first-order valence-corrected chi connectivity index (χ1v) is 6.93. The van der Waals surface area contributed by atoms with Crippen LogP contribution in [0.15, 0.2) is 36.7 Å². The zero-order chi connectivity index (χ0) is 13.7. The molecule has 1 N–H and O–H groups in total. The van der Waals surface area contributed by atoms with Crippen molar-refractivity contribution >= 4 is 0 Å². The molecule has 2 rings (SSSR count). The van der Waals surface area contributed by atoms with Crippen molar-refractivity contribution in [2.45, 2.75) is 45.8 Å². The smallest absolute Gasteiger partial charge is 0.111 e. The first-order chi connectivity index (χ1) is 9.20. The number of hydrogen-bond donors (Lipinski definition) is 1. The molecule has 0 aliphatic carbocycles. The minimum Gasteiger partial charge on any atom is -0.392 e. The van der Waals surface area contributed by atoms with Crippen LogP contribution in [0.4, 0.5) is 0 Å². The molecule has 0 saturated heterocycles. The van der Waals surface area contributed by atoms with Crippen molar-refractivity contribution in [1.29, 1.82) is 0 Å². The molecule has 2 aromatic rings. The topological polar surface area (TPSA) is 38.0 Å². The molecule has 0 fully saturated rings. The number of benzene rings is 1. The first-order valence-electron chi connectivity index (χ1n) is 6.93. The van der Waals surface area contributed by atoms with E-state index in [0.717, 1.165) is 18.8 Å². The summed E-state index contributed by atoms with van der Waals surface area (Å²) in [5.41, 5.74) is 2.45.